The topological polar surface area (TPSA) is 59.1 Å². The van der Waals surface area contributed by atoms with Crippen molar-refractivity contribution in [3.05, 3.63) is 16.9 Å². The van der Waals surface area contributed by atoms with Crippen molar-refractivity contribution in [1.82, 2.24) is 20.1 Å². The zero-order valence-corrected chi connectivity index (χ0v) is 13.5. The molecule has 0 aliphatic carbocycles. The van der Waals surface area contributed by atoms with E-state index in [2.05, 4.69) is 29.3 Å². The molecule has 0 radical (unpaired) electrons. The number of nitrogens with two attached hydrogens (primary N) is 1. The van der Waals surface area contributed by atoms with Crippen molar-refractivity contribution in [3.63, 3.8) is 0 Å². The normalized spacial score (nSPS) is 21.6. The lowest BCUT2D eigenvalue weighted by molar-refractivity contribution is 0.0400. The van der Waals surface area contributed by atoms with Crippen LogP contribution in [0.5, 0.6) is 0 Å². The van der Waals surface area contributed by atoms with Crippen LogP contribution in [0.1, 0.15) is 51.3 Å². The molecule has 6 heteroatoms. The number of hydrogen-bond acceptors (Lipinski definition) is 4. The van der Waals surface area contributed by atoms with Crippen LogP contribution in [0.3, 0.4) is 0 Å². The third-order valence-electron chi connectivity index (χ3n) is 4.79. The molecule has 114 valence electrons. The minimum atomic E-state index is -0.0629. The Morgan fingerprint density at radius 2 is 2.10 bits per heavy atom. The number of nitrogens with zero attached hydrogens (tertiary/aromatic N) is 3. The summed E-state index contributed by atoms with van der Waals surface area (Å²) in [6.07, 6.45) is 6.53. The van der Waals surface area contributed by atoms with Gasteiger partial charge in [-0.05, 0) is 39.3 Å². The van der Waals surface area contributed by atoms with Gasteiger partial charge in [-0.15, -0.1) is 0 Å². The molecule has 2 unspecified atom stereocenters. The van der Waals surface area contributed by atoms with Crippen molar-refractivity contribution in [3.8, 4) is 0 Å². The van der Waals surface area contributed by atoms with Gasteiger partial charge in [-0.2, -0.15) is 5.10 Å². The number of halogens is 1. The first-order valence-electron chi connectivity index (χ1n) is 7.43. The Hall–Kier alpha value is -0.620. The van der Waals surface area contributed by atoms with Crippen LogP contribution in [0.2, 0.25) is 5.02 Å². The highest BCUT2D eigenvalue weighted by Gasteiger charge is 2.41. The monoisotopic (exact) mass is 299 g/mol. The van der Waals surface area contributed by atoms with Crippen LogP contribution in [0.25, 0.3) is 0 Å². The molecule has 1 fully saturated rings. The summed E-state index contributed by atoms with van der Waals surface area (Å²) >= 11 is 6.32. The molecule has 0 saturated carbocycles. The van der Waals surface area contributed by atoms with Crippen molar-refractivity contribution in [2.75, 3.05) is 13.1 Å². The van der Waals surface area contributed by atoms with Gasteiger partial charge in [-0.1, -0.05) is 24.9 Å². The van der Waals surface area contributed by atoms with E-state index in [4.69, 9.17) is 17.4 Å². The summed E-state index contributed by atoms with van der Waals surface area (Å²) in [4.78, 5) is 2.55. The van der Waals surface area contributed by atoms with Gasteiger partial charge < -0.3 is 0 Å². The van der Waals surface area contributed by atoms with Crippen molar-refractivity contribution in [1.29, 1.82) is 0 Å². The first kappa shape index (κ1) is 15.8. The average molecular weight is 300 g/mol. The Morgan fingerprint density at radius 3 is 2.55 bits per heavy atom. The second-order valence-corrected chi connectivity index (χ2v) is 6.27. The van der Waals surface area contributed by atoms with Gasteiger partial charge in [-0.25, -0.2) is 5.43 Å². The first-order valence-corrected chi connectivity index (χ1v) is 7.81. The van der Waals surface area contributed by atoms with Crippen LogP contribution in [0.15, 0.2) is 6.20 Å². The number of nitrogens with one attached hydrogen (secondary N) is 1. The van der Waals surface area contributed by atoms with Crippen molar-refractivity contribution < 1.29 is 0 Å². The molecule has 1 aliphatic heterocycles. The molecule has 1 aromatic heterocycles. The molecule has 0 aromatic carbocycles. The summed E-state index contributed by atoms with van der Waals surface area (Å²) in [5, 5.41) is 4.92. The molecule has 1 aromatic rings. The van der Waals surface area contributed by atoms with Crippen LogP contribution in [-0.4, -0.2) is 33.3 Å². The lowest BCUT2D eigenvalue weighted by Crippen LogP contribution is -2.57. The van der Waals surface area contributed by atoms with E-state index in [9.17, 15) is 0 Å². The average Bonchev–Trinajstić information content (AvgIpc) is 2.81. The minimum absolute atomic E-state index is 0.0365. The molecule has 0 bridgehead atoms. The van der Waals surface area contributed by atoms with E-state index in [1.807, 2.05) is 11.7 Å². The third-order valence-corrected chi connectivity index (χ3v) is 5.09. The summed E-state index contributed by atoms with van der Waals surface area (Å²) in [7, 11) is 1.91. The predicted octanol–water partition coefficient (Wildman–Crippen LogP) is 2.23. The van der Waals surface area contributed by atoms with Gasteiger partial charge in [0.2, 0.25) is 0 Å². The SMILES string of the molecule is CCC(C)(C(NN)c1c(Cl)cnn1C)N1CCCCC1. The molecule has 20 heavy (non-hydrogen) atoms. The van der Waals surface area contributed by atoms with Crippen LogP contribution in [0, 0.1) is 0 Å². The molecular formula is C14H26ClN5. The van der Waals surface area contributed by atoms with Crippen molar-refractivity contribution in [2.45, 2.75) is 51.1 Å². The standard InChI is InChI=1S/C14H26ClN5/c1-4-14(2,20-8-6-5-7-9-20)13(18-16)12-11(15)10-17-19(12)3/h10,13,18H,4-9,16H2,1-3H3. The molecule has 0 amide bonds. The van der Waals surface area contributed by atoms with E-state index < -0.39 is 0 Å². The molecule has 2 heterocycles. The number of aryl methyl sites for hydroxylation is 1. The summed E-state index contributed by atoms with van der Waals surface area (Å²) in [6, 6.07) is -0.0365. The molecule has 3 N–H and O–H groups in total. The Bertz CT molecular complexity index is 421. The molecule has 2 rings (SSSR count). The van der Waals surface area contributed by atoms with Crippen LogP contribution >= 0.6 is 11.6 Å². The van der Waals surface area contributed by atoms with Crippen LogP contribution < -0.4 is 11.3 Å². The van der Waals surface area contributed by atoms with E-state index in [0.717, 1.165) is 25.2 Å². The fourth-order valence-electron chi connectivity index (χ4n) is 3.31. The molecule has 2 atom stereocenters. The summed E-state index contributed by atoms with van der Waals surface area (Å²) in [5.74, 6) is 5.89. The summed E-state index contributed by atoms with van der Waals surface area (Å²) in [5.41, 5.74) is 3.89. The number of likely N-dealkylation sites (tertiary alicyclic amines) is 1. The maximum absolute atomic E-state index is 6.32. The Kier molecular flexibility index (Phi) is 5.07. The number of rotatable bonds is 5. The number of hydrazine groups is 1. The highest BCUT2D eigenvalue weighted by Crippen LogP contribution is 2.37. The van der Waals surface area contributed by atoms with Crippen LogP contribution in [-0.2, 0) is 7.05 Å². The Morgan fingerprint density at radius 1 is 1.45 bits per heavy atom. The van der Waals surface area contributed by atoms with Gasteiger partial charge in [0.15, 0.2) is 0 Å². The fourth-order valence-corrected chi connectivity index (χ4v) is 3.59. The molecule has 0 spiro atoms. The smallest absolute Gasteiger partial charge is 0.0835 e. The number of aromatic nitrogens is 2. The van der Waals surface area contributed by atoms with Gasteiger partial charge in [0.05, 0.1) is 23.0 Å². The number of hydrogen-bond donors (Lipinski definition) is 2. The zero-order valence-electron chi connectivity index (χ0n) is 12.7. The van der Waals surface area contributed by atoms with Gasteiger partial charge >= 0.3 is 0 Å². The second kappa shape index (κ2) is 6.43. The lowest BCUT2D eigenvalue weighted by atomic mass is 9.84. The van der Waals surface area contributed by atoms with E-state index in [1.165, 1.54) is 19.3 Å². The predicted molar refractivity (Wildman–Crippen MR) is 82.4 cm³/mol. The van der Waals surface area contributed by atoms with E-state index in [-0.39, 0.29) is 11.6 Å². The maximum atomic E-state index is 6.32. The summed E-state index contributed by atoms with van der Waals surface area (Å²) in [6.45, 7) is 6.73. The largest absolute Gasteiger partial charge is 0.296 e. The van der Waals surface area contributed by atoms with Gasteiger partial charge in [-0.3, -0.25) is 15.4 Å². The number of piperidine rings is 1. The van der Waals surface area contributed by atoms with E-state index in [1.54, 1.807) is 6.20 Å². The van der Waals surface area contributed by atoms with Crippen molar-refractivity contribution >= 4 is 11.6 Å². The molecular weight excluding hydrogens is 274 g/mol. The van der Waals surface area contributed by atoms with Gasteiger partial charge in [0.1, 0.15) is 0 Å². The van der Waals surface area contributed by atoms with Gasteiger partial charge in [0.25, 0.3) is 0 Å². The summed E-state index contributed by atoms with van der Waals surface area (Å²) < 4.78 is 1.82. The Balaban J connectivity index is 2.36. The third kappa shape index (κ3) is 2.72. The molecule has 5 nitrogen and oxygen atoms in total. The zero-order chi connectivity index (χ0) is 14.8. The van der Waals surface area contributed by atoms with Gasteiger partial charge in [0, 0.05) is 12.6 Å². The maximum Gasteiger partial charge on any atom is 0.0835 e. The molecule has 1 aliphatic rings. The van der Waals surface area contributed by atoms with E-state index >= 15 is 0 Å². The quantitative estimate of drug-likeness (QED) is 0.647. The lowest BCUT2D eigenvalue weighted by Gasteiger charge is -2.47. The first-order chi connectivity index (χ1) is 9.54. The molecule has 1 saturated heterocycles. The Labute approximate surface area is 126 Å². The highest BCUT2D eigenvalue weighted by molar-refractivity contribution is 6.31. The van der Waals surface area contributed by atoms with Crippen molar-refractivity contribution in [2.24, 2.45) is 12.9 Å². The van der Waals surface area contributed by atoms with E-state index in [0.29, 0.717) is 5.02 Å². The highest BCUT2D eigenvalue weighted by atomic mass is 35.5. The van der Waals surface area contributed by atoms with Crippen LogP contribution in [0.4, 0.5) is 0 Å². The fraction of sp³-hybridized carbons (Fsp3) is 0.786. The second-order valence-electron chi connectivity index (χ2n) is 5.86. The minimum Gasteiger partial charge on any atom is -0.296 e.